The maximum absolute atomic E-state index is 14.5. The second-order valence-corrected chi connectivity index (χ2v) is 13.2. The number of hydrogen-bond acceptors (Lipinski definition) is 5. The minimum Gasteiger partial charge on any atom is -0.497 e. The van der Waals surface area contributed by atoms with Crippen LogP contribution >= 0.6 is 0 Å². The van der Waals surface area contributed by atoms with Gasteiger partial charge in [-0.3, -0.25) is 13.9 Å². The van der Waals surface area contributed by atoms with E-state index in [1.165, 1.54) is 24.1 Å². The second-order valence-electron chi connectivity index (χ2n) is 11.4. The van der Waals surface area contributed by atoms with Crippen LogP contribution in [0.1, 0.15) is 30.5 Å². The molecule has 45 heavy (non-hydrogen) atoms. The van der Waals surface area contributed by atoms with Crippen LogP contribution < -0.4 is 14.4 Å². The minimum absolute atomic E-state index is 0.0144. The molecule has 2 amide bonds. The van der Waals surface area contributed by atoms with Crippen molar-refractivity contribution in [3.05, 3.63) is 126 Å². The summed E-state index contributed by atoms with van der Waals surface area (Å²) >= 11 is 0. The number of nitrogens with one attached hydrogen (secondary N) is 1. The highest BCUT2D eigenvalue weighted by atomic mass is 32.2. The van der Waals surface area contributed by atoms with Crippen LogP contribution in [0.15, 0.2) is 114 Å². The maximum atomic E-state index is 14.5. The van der Waals surface area contributed by atoms with E-state index in [0.29, 0.717) is 18.0 Å². The molecule has 0 radical (unpaired) electrons. The van der Waals surface area contributed by atoms with E-state index >= 15 is 0 Å². The van der Waals surface area contributed by atoms with E-state index in [0.717, 1.165) is 21.0 Å². The van der Waals surface area contributed by atoms with Gasteiger partial charge in [-0.15, -0.1) is 0 Å². The maximum Gasteiger partial charge on any atom is 0.264 e. The van der Waals surface area contributed by atoms with Crippen LogP contribution in [0.2, 0.25) is 0 Å². The molecule has 4 aromatic rings. The molecule has 0 fully saturated rings. The summed E-state index contributed by atoms with van der Waals surface area (Å²) < 4.78 is 34.5. The van der Waals surface area contributed by atoms with Crippen molar-refractivity contribution in [3.63, 3.8) is 0 Å². The molecule has 0 heterocycles. The highest BCUT2D eigenvalue weighted by Crippen LogP contribution is 2.26. The quantitative estimate of drug-likeness (QED) is 0.196. The average Bonchev–Trinajstić information content (AvgIpc) is 3.05. The Bertz CT molecular complexity index is 1640. The summed E-state index contributed by atoms with van der Waals surface area (Å²) in [6.45, 7) is 6.04. The Morgan fingerprint density at radius 2 is 1.40 bits per heavy atom. The Hall–Kier alpha value is -4.63. The van der Waals surface area contributed by atoms with Gasteiger partial charge in [-0.1, -0.05) is 92.2 Å². The molecule has 0 aromatic heterocycles. The largest absolute Gasteiger partial charge is 0.497 e. The normalized spacial score (nSPS) is 11.9. The number of hydrogen-bond donors (Lipinski definition) is 1. The molecule has 0 unspecified atom stereocenters. The zero-order valence-electron chi connectivity index (χ0n) is 26.2. The predicted octanol–water partition coefficient (Wildman–Crippen LogP) is 5.61. The number of sulfonamides is 1. The monoisotopic (exact) mass is 627 g/mol. The number of carbonyl (C=O) groups excluding carboxylic acids is 2. The first-order chi connectivity index (χ1) is 21.6. The SMILES string of the molecule is COc1ccc(S(=O)(=O)N(CC(=O)N(Cc2ccc(C)cc2)[C@H](Cc2ccccc2)C(=O)NCC(C)C)c2ccccc2)cc1. The fraction of sp³-hybridized carbons (Fsp3) is 0.278. The Morgan fingerprint density at radius 1 is 0.800 bits per heavy atom. The van der Waals surface area contributed by atoms with Crippen molar-refractivity contribution in [2.45, 2.75) is 44.7 Å². The Morgan fingerprint density at radius 3 is 1.98 bits per heavy atom. The number of nitrogens with zero attached hydrogens (tertiary/aromatic N) is 2. The van der Waals surface area contributed by atoms with Crippen LogP contribution in [0.4, 0.5) is 5.69 Å². The topological polar surface area (TPSA) is 96.0 Å². The summed E-state index contributed by atoms with van der Waals surface area (Å²) in [5.74, 6) is -0.0815. The van der Waals surface area contributed by atoms with E-state index < -0.39 is 28.5 Å². The molecule has 236 valence electrons. The lowest BCUT2D eigenvalue weighted by Crippen LogP contribution is -2.53. The molecular weight excluding hydrogens is 586 g/mol. The van der Waals surface area contributed by atoms with Crippen molar-refractivity contribution in [2.75, 3.05) is 24.5 Å². The zero-order valence-corrected chi connectivity index (χ0v) is 27.0. The highest BCUT2D eigenvalue weighted by Gasteiger charge is 2.34. The van der Waals surface area contributed by atoms with Crippen LogP contribution in [-0.4, -0.2) is 51.4 Å². The van der Waals surface area contributed by atoms with Gasteiger partial charge in [0.15, 0.2) is 0 Å². The third-order valence-electron chi connectivity index (χ3n) is 7.40. The lowest BCUT2D eigenvalue weighted by atomic mass is 10.0. The van der Waals surface area contributed by atoms with Crippen molar-refractivity contribution in [2.24, 2.45) is 5.92 Å². The molecule has 0 spiro atoms. The number of rotatable bonds is 14. The van der Waals surface area contributed by atoms with Crippen molar-refractivity contribution < 1.29 is 22.7 Å². The van der Waals surface area contributed by atoms with E-state index in [9.17, 15) is 18.0 Å². The summed E-state index contributed by atoms with van der Waals surface area (Å²) in [5.41, 5.74) is 3.11. The van der Waals surface area contributed by atoms with Crippen molar-refractivity contribution in [1.82, 2.24) is 10.2 Å². The van der Waals surface area contributed by atoms with Gasteiger partial charge in [0.05, 0.1) is 17.7 Å². The molecule has 0 aliphatic heterocycles. The molecule has 4 aromatic carbocycles. The van der Waals surface area contributed by atoms with E-state index in [-0.39, 0.29) is 29.7 Å². The molecule has 0 bridgehead atoms. The summed E-state index contributed by atoms with van der Waals surface area (Å²) in [6.07, 6.45) is 0.263. The number of benzene rings is 4. The van der Waals surface area contributed by atoms with Crippen molar-refractivity contribution >= 4 is 27.5 Å². The summed E-state index contributed by atoms with van der Waals surface area (Å²) in [7, 11) is -2.68. The highest BCUT2D eigenvalue weighted by molar-refractivity contribution is 7.92. The van der Waals surface area contributed by atoms with Gasteiger partial charge in [-0.25, -0.2) is 8.42 Å². The van der Waals surface area contributed by atoms with Gasteiger partial charge in [0, 0.05) is 19.5 Å². The number of aryl methyl sites for hydroxylation is 1. The number of para-hydroxylation sites is 1. The smallest absolute Gasteiger partial charge is 0.264 e. The lowest BCUT2D eigenvalue weighted by molar-refractivity contribution is -0.140. The Labute approximate surface area is 266 Å². The van der Waals surface area contributed by atoms with Gasteiger partial charge in [0.2, 0.25) is 11.8 Å². The molecule has 4 rings (SSSR count). The molecule has 1 atom stereocenters. The first-order valence-corrected chi connectivity index (χ1v) is 16.4. The standard InChI is InChI=1S/C36H41N3O5S/c1-27(2)24-37-36(41)34(23-29-11-7-5-8-12-29)38(25-30-17-15-28(3)16-18-30)35(40)26-39(31-13-9-6-10-14-31)45(42,43)33-21-19-32(44-4)20-22-33/h5-22,27,34H,23-26H2,1-4H3,(H,37,41)/t34-/m1/s1. The van der Waals surface area contributed by atoms with Crippen LogP contribution in [0.25, 0.3) is 0 Å². The third-order valence-corrected chi connectivity index (χ3v) is 9.19. The van der Waals surface area contributed by atoms with Crippen LogP contribution in [0, 0.1) is 12.8 Å². The summed E-state index contributed by atoms with van der Waals surface area (Å²) in [4.78, 5) is 29.8. The van der Waals surface area contributed by atoms with Gasteiger partial charge in [-0.05, 0) is 60.4 Å². The van der Waals surface area contributed by atoms with Crippen LogP contribution in [0.3, 0.4) is 0 Å². The van der Waals surface area contributed by atoms with E-state index in [2.05, 4.69) is 5.32 Å². The second kappa shape index (κ2) is 15.4. The molecule has 1 N–H and O–H groups in total. The predicted molar refractivity (Wildman–Crippen MR) is 177 cm³/mol. The van der Waals surface area contributed by atoms with E-state index in [1.807, 2.05) is 75.4 Å². The molecule has 9 heteroatoms. The number of amides is 2. The fourth-order valence-corrected chi connectivity index (χ4v) is 6.28. The average molecular weight is 628 g/mol. The molecule has 0 aliphatic carbocycles. The minimum atomic E-state index is -4.18. The number of carbonyl (C=O) groups is 2. The first kappa shape index (κ1) is 33.3. The number of methoxy groups -OCH3 is 1. The molecule has 8 nitrogen and oxygen atoms in total. The molecule has 0 aliphatic rings. The van der Waals surface area contributed by atoms with E-state index in [1.54, 1.807) is 42.5 Å². The van der Waals surface area contributed by atoms with Crippen molar-refractivity contribution in [1.29, 1.82) is 0 Å². The molecule has 0 saturated heterocycles. The molecular formula is C36H41N3O5S. The summed E-state index contributed by atoms with van der Waals surface area (Å²) in [6, 6.07) is 30.9. The lowest BCUT2D eigenvalue weighted by Gasteiger charge is -2.34. The first-order valence-electron chi connectivity index (χ1n) is 15.0. The van der Waals surface area contributed by atoms with Crippen LogP contribution in [0.5, 0.6) is 5.75 Å². The van der Waals surface area contributed by atoms with Crippen molar-refractivity contribution in [3.8, 4) is 5.75 Å². The number of ether oxygens (including phenoxy) is 1. The summed E-state index contributed by atoms with van der Waals surface area (Å²) in [5, 5.41) is 3.01. The zero-order chi connectivity index (χ0) is 32.4. The Balaban J connectivity index is 1.77. The Kier molecular flexibility index (Phi) is 11.4. The van der Waals surface area contributed by atoms with Gasteiger partial charge in [0.1, 0.15) is 18.3 Å². The van der Waals surface area contributed by atoms with Gasteiger partial charge < -0.3 is 15.0 Å². The van der Waals surface area contributed by atoms with Crippen LogP contribution in [-0.2, 0) is 32.6 Å². The number of anilines is 1. The molecule has 0 saturated carbocycles. The third kappa shape index (κ3) is 8.95. The van der Waals surface area contributed by atoms with Gasteiger partial charge in [0.25, 0.3) is 10.0 Å². The fourth-order valence-electron chi connectivity index (χ4n) is 4.86. The van der Waals surface area contributed by atoms with E-state index in [4.69, 9.17) is 4.74 Å². The van der Waals surface area contributed by atoms with Gasteiger partial charge in [-0.2, -0.15) is 0 Å². The van der Waals surface area contributed by atoms with Gasteiger partial charge >= 0.3 is 0 Å².